The third-order valence-corrected chi connectivity index (χ3v) is 3.94. The van der Waals surface area contributed by atoms with E-state index in [-0.39, 0.29) is 16.8 Å². The Bertz CT molecular complexity index is 705. The Morgan fingerprint density at radius 2 is 1.95 bits per heavy atom. The number of carbonyl (C=O) groups is 1. The molecule has 0 atom stereocenters. The largest absolute Gasteiger partial charge is 0.367 e. The molecule has 0 spiro atoms. The fourth-order valence-electron chi connectivity index (χ4n) is 1.45. The Hall–Kier alpha value is -2.42. The van der Waals surface area contributed by atoms with Crippen molar-refractivity contribution in [1.82, 2.24) is 14.2 Å². The van der Waals surface area contributed by atoms with Crippen LogP contribution in [0.15, 0.2) is 35.5 Å². The number of amides is 1. The predicted molar refractivity (Wildman–Crippen MR) is 67.8 cm³/mol. The average Bonchev–Trinajstić information content (AvgIpc) is 2.76. The first-order valence-corrected chi connectivity index (χ1v) is 6.64. The molecule has 0 fully saturated rings. The number of aromatic nitrogens is 3. The summed E-state index contributed by atoms with van der Waals surface area (Å²) in [5.74, 6) is -0.454. The summed E-state index contributed by atoms with van der Waals surface area (Å²) >= 11 is 0. The summed E-state index contributed by atoms with van der Waals surface area (Å²) in [5.41, 5.74) is 5.92. The second-order valence-corrected chi connectivity index (χ2v) is 5.51. The van der Waals surface area contributed by atoms with Gasteiger partial charge in [0.25, 0.3) is 10.0 Å². The van der Waals surface area contributed by atoms with Gasteiger partial charge in [0.1, 0.15) is 6.33 Å². The topological polar surface area (TPSA) is 120 Å². The summed E-state index contributed by atoms with van der Waals surface area (Å²) in [5, 5.41) is 9.38. The average molecular weight is 281 g/mol. The van der Waals surface area contributed by atoms with Gasteiger partial charge < -0.3 is 11.1 Å². The smallest absolute Gasteiger partial charge is 0.271 e. The number of hydrogen-bond acceptors (Lipinski definition) is 6. The Morgan fingerprint density at radius 3 is 2.42 bits per heavy atom. The Morgan fingerprint density at radius 1 is 1.32 bits per heavy atom. The lowest BCUT2D eigenvalue weighted by molar-refractivity contribution is -0.114. The van der Waals surface area contributed by atoms with Gasteiger partial charge in [-0.15, -0.1) is 10.2 Å². The number of rotatable bonds is 3. The highest BCUT2D eigenvalue weighted by atomic mass is 32.2. The monoisotopic (exact) mass is 281 g/mol. The zero-order valence-electron chi connectivity index (χ0n) is 9.94. The van der Waals surface area contributed by atoms with Crippen molar-refractivity contribution in [3.05, 3.63) is 30.6 Å². The van der Waals surface area contributed by atoms with Crippen LogP contribution in [0.5, 0.6) is 0 Å². The number of nitrogens with one attached hydrogen (secondary N) is 1. The highest BCUT2D eigenvalue weighted by molar-refractivity contribution is 7.90. The molecule has 0 radical (unpaired) electrons. The highest BCUT2D eigenvalue weighted by Gasteiger charge is 2.19. The second kappa shape index (κ2) is 4.69. The van der Waals surface area contributed by atoms with Gasteiger partial charge in [0.15, 0.2) is 0 Å². The zero-order valence-corrected chi connectivity index (χ0v) is 10.8. The molecular formula is C10H11N5O3S. The van der Waals surface area contributed by atoms with Crippen LogP contribution in [-0.2, 0) is 14.8 Å². The van der Waals surface area contributed by atoms with E-state index in [1.54, 1.807) is 0 Å². The van der Waals surface area contributed by atoms with Crippen LogP contribution in [0.25, 0.3) is 0 Å². The van der Waals surface area contributed by atoms with Gasteiger partial charge in [-0.05, 0) is 24.3 Å². The van der Waals surface area contributed by atoms with Crippen molar-refractivity contribution in [1.29, 1.82) is 0 Å². The molecule has 1 aromatic carbocycles. The molecule has 9 heteroatoms. The Kier molecular flexibility index (Phi) is 3.21. The van der Waals surface area contributed by atoms with E-state index in [2.05, 4.69) is 15.5 Å². The number of nitrogen functional groups attached to an aromatic ring is 1. The van der Waals surface area contributed by atoms with Crippen molar-refractivity contribution in [3.8, 4) is 0 Å². The molecule has 0 aliphatic carbocycles. The van der Waals surface area contributed by atoms with Crippen molar-refractivity contribution in [2.45, 2.75) is 11.8 Å². The molecule has 1 aromatic heterocycles. The fraction of sp³-hybridized carbons (Fsp3) is 0.100. The van der Waals surface area contributed by atoms with Gasteiger partial charge in [-0.2, -0.15) is 3.97 Å². The van der Waals surface area contributed by atoms with E-state index in [4.69, 9.17) is 5.73 Å². The van der Waals surface area contributed by atoms with Crippen LogP contribution in [0.1, 0.15) is 6.92 Å². The van der Waals surface area contributed by atoms with Gasteiger partial charge in [0.2, 0.25) is 11.9 Å². The molecule has 100 valence electrons. The van der Waals surface area contributed by atoms with E-state index < -0.39 is 10.0 Å². The maximum atomic E-state index is 12.2. The van der Waals surface area contributed by atoms with Crippen molar-refractivity contribution in [2.24, 2.45) is 0 Å². The van der Waals surface area contributed by atoms with Crippen molar-refractivity contribution < 1.29 is 13.2 Å². The number of benzene rings is 1. The van der Waals surface area contributed by atoms with Gasteiger partial charge in [-0.1, -0.05) is 0 Å². The van der Waals surface area contributed by atoms with Crippen molar-refractivity contribution in [3.63, 3.8) is 0 Å². The third kappa shape index (κ3) is 2.55. The molecule has 0 aliphatic rings. The van der Waals surface area contributed by atoms with Gasteiger partial charge in [-0.25, -0.2) is 8.42 Å². The standard InChI is InChI=1S/C10H11N5O3S/c1-7(16)13-8-2-4-9(5-3-8)19(17,18)15-6-12-14-10(15)11/h2-6H,1H3,(H2,11,14)(H,13,16). The van der Waals surface area contributed by atoms with E-state index in [0.717, 1.165) is 10.3 Å². The summed E-state index contributed by atoms with van der Waals surface area (Å²) in [6.45, 7) is 1.36. The van der Waals surface area contributed by atoms with Gasteiger partial charge >= 0.3 is 0 Å². The SMILES string of the molecule is CC(=O)Nc1ccc(S(=O)(=O)n2cnnc2N)cc1. The molecule has 0 bridgehead atoms. The minimum absolute atomic E-state index is 0.0214. The minimum Gasteiger partial charge on any atom is -0.367 e. The van der Waals surface area contributed by atoms with Crippen LogP contribution in [0.3, 0.4) is 0 Å². The molecule has 2 rings (SSSR count). The van der Waals surface area contributed by atoms with Crippen LogP contribution in [0.4, 0.5) is 11.6 Å². The van der Waals surface area contributed by atoms with Gasteiger partial charge in [-0.3, -0.25) is 4.79 Å². The van der Waals surface area contributed by atoms with Crippen LogP contribution >= 0.6 is 0 Å². The summed E-state index contributed by atoms with van der Waals surface area (Å²) in [6, 6.07) is 5.68. The van der Waals surface area contributed by atoms with Gasteiger partial charge in [0, 0.05) is 12.6 Å². The zero-order chi connectivity index (χ0) is 14.0. The molecule has 1 heterocycles. The molecular weight excluding hydrogens is 270 g/mol. The van der Waals surface area contributed by atoms with Crippen molar-refractivity contribution in [2.75, 3.05) is 11.1 Å². The molecule has 8 nitrogen and oxygen atoms in total. The van der Waals surface area contributed by atoms with E-state index >= 15 is 0 Å². The Balaban J connectivity index is 2.37. The fourth-order valence-corrected chi connectivity index (χ4v) is 2.60. The Labute approximate surface area is 109 Å². The maximum absolute atomic E-state index is 12.2. The van der Waals surface area contributed by atoms with Gasteiger partial charge in [0.05, 0.1) is 4.90 Å². The lowest BCUT2D eigenvalue weighted by Crippen LogP contribution is -2.15. The molecule has 0 saturated heterocycles. The molecule has 3 N–H and O–H groups in total. The predicted octanol–water partition coefficient (Wildman–Crippen LogP) is 0.0557. The van der Waals surface area contributed by atoms with E-state index in [9.17, 15) is 13.2 Å². The second-order valence-electron chi connectivity index (χ2n) is 3.70. The molecule has 0 aliphatic heterocycles. The number of hydrogen-bond donors (Lipinski definition) is 2. The molecule has 0 unspecified atom stereocenters. The number of anilines is 2. The summed E-state index contributed by atoms with van der Waals surface area (Å²) in [6.07, 6.45) is 1.02. The summed E-state index contributed by atoms with van der Waals surface area (Å²) in [4.78, 5) is 10.9. The summed E-state index contributed by atoms with van der Waals surface area (Å²) < 4.78 is 25.1. The minimum atomic E-state index is -3.82. The first-order valence-electron chi connectivity index (χ1n) is 5.20. The molecule has 0 saturated carbocycles. The first-order chi connectivity index (χ1) is 8.91. The molecule has 2 aromatic rings. The summed E-state index contributed by atoms with van der Waals surface area (Å²) in [7, 11) is -3.82. The molecule has 19 heavy (non-hydrogen) atoms. The van der Waals surface area contributed by atoms with Crippen LogP contribution in [0, 0.1) is 0 Å². The lowest BCUT2D eigenvalue weighted by atomic mass is 10.3. The number of carbonyl (C=O) groups excluding carboxylic acids is 1. The van der Waals surface area contributed by atoms with Crippen LogP contribution in [0.2, 0.25) is 0 Å². The lowest BCUT2D eigenvalue weighted by Gasteiger charge is -2.07. The first kappa shape index (κ1) is 13.0. The van der Waals surface area contributed by atoms with Crippen LogP contribution in [-0.4, -0.2) is 28.5 Å². The number of nitrogens with two attached hydrogens (primary N) is 1. The van der Waals surface area contributed by atoms with E-state index in [1.165, 1.54) is 31.2 Å². The normalized spacial score (nSPS) is 11.2. The van der Waals surface area contributed by atoms with E-state index in [1.807, 2.05) is 0 Å². The highest BCUT2D eigenvalue weighted by Crippen LogP contribution is 2.18. The quantitative estimate of drug-likeness (QED) is 0.820. The maximum Gasteiger partial charge on any atom is 0.271 e. The molecule has 1 amide bonds. The third-order valence-electron chi connectivity index (χ3n) is 2.27. The van der Waals surface area contributed by atoms with E-state index in [0.29, 0.717) is 5.69 Å². The number of nitrogens with zero attached hydrogens (tertiary/aromatic N) is 3. The van der Waals surface area contributed by atoms with Crippen molar-refractivity contribution >= 4 is 27.6 Å². The van der Waals surface area contributed by atoms with Crippen LogP contribution < -0.4 is 11.1 Å².